The average Bonchev–Trinajstić information content (AvgIpc) is 3.64. The zero-order chi connectivity index (χ0) is 28.7. The minimum atomic E-state index is -0.854. The number of allylic oxidation sites excluding steroid dienone is 2. The summed E-state index contributed by atoms with van der Waals surface area (Å²) in [5, 5.41) is 27.3. The van der Waals surface area contributed by atoms with Gasteiger partial charge < -0.3 is 20.4 Å². The first kappa shape index (κ1) is 27.1. The minimum Gasteiger partial charge on any atom is -0.389 e. The Morgan fingerprint density at radius 3 is 2.59 bits per heavy atom. The number of rotatable bonds is 8. The van der Waals surface area contributed by atoms with Gasteiger partial charge in [0.25, 0.3) is 5.91 Å². The van der Waals surface area contributed by atoms with Crippen LogP contribution in [0.15, 0.2) is 60.8 Å². The third-order valence-electron chi connectivity index (χ3n) is 8.11. The molecule has 3 N–H and O–H groups in total. The van der Waals surface area contributed by atoms with Crippen LogP contribution < -0.4 is 10.2 Å². The van der Waals surface area contributed by atoms with Crippen molar-refractivity contribution in [2.45, 2.75) is 51.2 Å². The number of halogens is 1. The Labute approximate surface area is 238 Å². The zero-order valence-corrected chi connectivity index (χ0v) is 23.2. The Morgan fingerprint density at radius 1 is 1.12 bits per heavy atom. The summed E-state index contributed by atoms with van der Waals surface area (Å²) in [5.41, 5.74) is 6.78. The van der Waals surface area contributed by atoms with Crippen LogP contribution in [-0.2, 0) is 6.42 Å². The number of amides is 1. The lowest BCUT2D eigenvalue weighted by molar-refractivity contribution is 0.0572. The Balaban J connectivity index is 1.23. The van der Waals surface area contributed by atoms with Crippen molar-refractivity contribution in [3.05, 3.63) is 89.0 Å². The zero-order valence-electron chi connectivity index (χ0n) is 23.2. The summed E-state index contributed by atoms with van der Waals surface area (Å²) in [6, 6.07) is 14.8. The van der Waals surface area contributed by atoms with Crippen LogP contribution >= 0.6 is 0 Å². The van der Waals surface area contributed by atoms with E-state index in [2.05, 4.69) is 35.5 Å². The Hall–Kier alpha value is -4.08. The number of imidazole rings is 1. The molecule has 1 aliphatic heterocycles. The molecule has 8 nitrogen and oxygen atoms in total. The highest BCUT2D eigenvalue weighted by molar-refractivity contribution is 5.92. The van der Waals surface area contributed by atoms with Crippen LogP contribution in [0, 0.1) is 5.82 Å². The summed E-state index contributed by atoms with van der Waals surface area (Å²) in [7, 11) is 0. The molecule has 41 heavy (non-hydrogen) atoms. The van der Waals surface area contributed by atoms with Crippen molar-refractivity contribution in [1.29, 1.82) is 0 Å². The summed E-state index contributed by atoms with van der Waals surface area (Å²) in [4.78, 5) is 19.6. The number of benzene rings is 2. The molecule has 2 fully saturated rings. The Kier molecular flexibility index (Phi) is 7.32. The van der Waals surface area contributed by atoms with Gasteiger partial charge in [0, 0.05) is 36.4 Å². The molecule has 0 spiro atoms. The van der Waals surface area contributed by atoms with Crippen molar-refractivity contribution in [2.75, 3.05) is 24.5 Å². The predicted molar refractivity (Wildman–Crippen MR) is 156 cm³/mol. The smallest absolute Gasteiger partial charge is 0.271 e. The number of nitrogens with one attached hydrogen (secondary N) is 1. The number of hydrogen-bond donors (Lipinski definition) is 3. The number of carbonyl (C=O) groups excluding carboxylic acids is 1. The summed E-state index contributed by atoms with van der Waals surface area (Å²) in [6.45, 7) is 5.07. The van der Waals surface area contributed by atoms with E-state index < -0.39 is 18.0 Å². The van der Waals surface area contributed by atoms with Crippen LogP contribution in [0.1, 0.15) is 59.8 Å². The van der Waals surface area contributed by atoms with Crippen molar-refractivity contribution in [3.63, 3.8) is 0 Å². The van der Waals surface area contributed by atoms with E-state index in [4.69, 9.17) is 4.98 Å². The molecule has 1 saturated heterocycles. The van der Waals surface area contributed by atoms with Crippen LogP contribution in [0.2, 0.25) is 0 Å². The van der Waals surface area contributed by atoms with E-state index in [1.807, 2.05) is 25.1 Å². The molecule has 6 rings (SSSR count). The van der Waals surface area contributed by atoms with Crippen LogP contribution in [0.4, 0.5) is 10.1 Å². The van der Waals surface area contributed by atoms with Gasteiger partial charge in [-0.3, -0.25) is 4.79 Å². The minimum absolute atomic E-state index is 0.246. The molecule has 2 aromatic heterocycles. The highest BCUT2D eigenvalue weighted by atomic mass is 19.1. The van der Waals surface area contributed by atoms with Gasteiger partial charge in [-0.2, -0.15) is 5.10 Å². The Morgan fingerprint density at radius 2 is 1.88 bits per heavy atom. The molecule has 1 amide bonds. The number of aliphatic hydroxyl groups is 2. The molecule has 4 aromatic rings. The topological polar surface area (TPSA) is 103 Å². The summed E-state index contributed by atoms with van der Waals surface area (Å²) >= 11 is 0. The van der Waals surface area contributed by atoms with Crippen LogP contribution in [-0.4, -0.2) is 62.6 Å². The molecule has 2 aliphatic rings. The maximum Gasteiger partial charge on any atom is 0.271 e. The van der Waals surface area contributed by atoms with Gasteiger partial charge >= 0.3 is 0 Å². The second-order valence-electron chi connectivity index (χ2n) is 11.0. The second-order valence-corrected chi connectivity index (χ2v) is 11.0. The third-order valence-corrected chi connectivity index (χ3v) is 8.11. The van der Waals surface area contributed by atoms with Gasteiger partial charge in [-0.1, -0.05) is 30.3 Å². The monoisotopic (exact) mass is 555 g/mol. The summed E-state index contributed by atoms with van der Waals surface area (Å²) in [5.74, 6) is -0.408. The molecule has 0 bridgehead atoms. The maximum atomic E-state index is 15.3. The van der Waals surface area contributed by atoms with Crippen LogP contribution in [0.3, 0.4) is 0 Å². The fraction of sp³-hybridized carbons (Fsp3) is 0.344. The number of hydrogen-bond acceptors (Lipinski definition) is 6. The van der Waals surface area contributed by atoms with Crippen molar-refractivity contribution in [2.24, 2.45) is 0 Å². The average molecular weight is 556 g/mol. The lowest BCUT2D eigenvalue weighted by Gasteiger charge is -2.18. The molecular formula is C32H34FN5O3. The molecule has 2 atom stereocenters. The fourth-order valence-corrected chi connectivity index (χ4v) is 5.51. The van der Waals surface area contributed by atoms with Gasteiger partial charge in [0.1, 0.15) is 11.5 Å². The molecule has 212 valence electrons. The highest BCUT2D eigenvalue weighted by Gasteiger charge is 2.31. The normalized spacial score (nSPS) is 19.2. The van der Waals surface area contributed by atoms with Gasteiger partial charge in [0.05, 0.1) is 24.1 Å². The maximum absolute atomic E-state index is 15.3. The van der Waals surface area contributed by atoms with E-state index in [9.17, 15) is 15.0 Å². The molecule has 3 heterocycles. The van der Waals surface area contributed by atoms with Crippen LogP contribution in [0.25, 0.3) is 22.5 Å². The quantitative estimate of drug-likeness (QED) is 0.299. The van der Waals surface area contributed by atoms with Crippen molar-refractivity contribution in [3.8, 4) is 11.3 Å². The molecule has 1 saturated carbocycles. The lowest BCUT2D eigenvalue weighted by Crippen LogP contribution is -2.27. The number of β-amino-alcohol motifs (C(OH)–C–C–N with tert-alkyl or cyclic N) is 2. The van der Waals surface area contributed by atoms with E-state index in [-0.39, 0.29) is 19.0 Å². The molecular weight excluding hydrogens is 521 g/mol. The van der Waals surface area contributed by atoms with Gasteiger partial charge in [-0.15, -0.1) is 0 Å². The standard InChI is InChI=1S/C32H34FN5O3/c1-3-19(2)23-7-5-4-6-20(23)12-13-34-32(41)27-15-25(21-8-9-21)31-35-28(16-38(31)36-27)24-11-10-22(14-26(24)33)37-17-29(39)30(40)18-37/h3-7,10-11,14-16,21,29-30,39-40H,8-9,12-13,17-18H2,1-2H3,(H,34,41)/b19-3-/t29-,30-/m0/s1. The van der Waals surface area contributed by atoms with Gasteiger partial charge in [-0.25, -0.2) is 13.9 Å². The number of aliphatic hydroxyl groups excluding tert-OH is 2. The largest absolute Gasteiger partial charge is 0.389 e. The lowest BCUT2D eigenvalue weighted by atomic mass is 9.98. The van der Waals surface area contributed by atoms with Crippen LogP contribution in [0.5, 0.6) is 0 Å². The van der Waals surface area contributed by atoms with E-state index in [0.29, 0.717) is 47.2 Å². The highest BCUT2D eigenvalue weighted by Crippen LogP contribution is 2.42. The van der Waals surface area contributed by atoms with Gasteiger partial charge in [0.15, 0.2) is 5.65 Å². The van der Waals surface area contributed by atoms with Gasteiger partial charge in [-0.05, 0) is 80.0 Å². The number of carbonyl (C=O) groups is 1. The number of aromatic nitrogens is 3. The number of nitrogens with zero attached hydrogens (tertiary/aromatic N) is 4. The first-order valence-electron chi connectivity index (χ1n) is 14.1. The summed E-state index contributed by atoms with van der Waals surface area (Å²) in [6.07, 6.45) is 4.77. The summed E-state index contributed by atoms with van der Waals surface area (Å²) < 4.78 is 16.9. The molecule has 2 aromatic carbocycles. The van der Waals surface area contributed by atoms with Crippen molar-refractivity contribution >= 4 is 22.8 Å². The number of fused-ring (bicyclic) bond motifs is 1. The van der Waals surface area contributed by atoms with E-state index in [0.717, 1.165) is 18.4 Å². The second kappa shape index (κ2) is 11.1. The van der Waals surface area contributed by atoms with Gasteiger partial charge in [0.2, 0.25) is 0 Å². The van der Waals surface area contributed by atoms with Crippen molar-refractivity contribution < 1.29 is 19.4 Å². The number of anilines is 1. The first-order chi connectivity index (χ1) is 19.8. The molecule has 9 heteroatoms. The molecule has 1 aliphatic carbocycles. The van der Waals surface area contributed by atoms with E-state index in [1.165, 1.54) is 22.8 Å². The molecule has 0 unspecified atom stereocenters. The first-order valence-corrected chi connectivity index (χ1v) is 14.1. The van der Waals surface area contributed by atoms with E-state index in [1.54, 1.807) is 27.7 Å². The van der Waals surface area contributed by atoms with E-state index >= 15 is 4.39 Å². The molecule has 0 radical (unpaired) electrons. The fourth-order valence-electron chi connectivity index (χ4n) is 5.51. The Bertz CT molecular complexity index is 1630. The predicted octanol–water partition coefficient (Wildman–Crippen LogP) is 4.35. The third kappa shape index (κ3) is 5.47. The SMILES string of the molecule is C/C=C(/C)c1ccccc1CCNC(=O)c1cc(C2CC2)c2nc(-c3ccc(N4C[C@H](O)[C@@H](O)C4)cc3F)cn2n1. The van der Waals surface area contributed by atoms with Crippen molar-refractivity contribution in [1.82, 2.24) is 19.9 Å².